The Morgan fingerprint density at radius 3 is 2.79 bits per heavy atom. The third-order valence-electron chi connectivity index (χ3n) is 3.27. The maximum absolute atomic E-state index is 12.5. The molecule has 2 aromatic rings. The summed E-state index contributed by atoms with van der Waals surface area (Å²) in [5.74, 6) is -0.233. The van der Waals surface area contributed by atoms with Crippen molar-refractivity contribution in [3.05, 3.63) is 23.3 Å². The molecule has 6 nitrogen and oxygen atoms in total. The summed E-state index contributed by atoms with van der Waals surface area (Å²) in [6, 6.07) is 1.75. The van der Waals surface area contributed by atoms with E-state index in [0.717, 1.165) is 22.3 Å². The van der Waals surface area contributed by atoms with Gasteiger partial charge >= 0.3 is 0 Å². The maximum atomic E-state index is 12.5. The third kappa shape index (κ3) is 4.46. The molecule has 126 valence electrons. The standard InChI is InChI=1S/C14H18BN5OS3/c1-3-20(4-2)14(22)23-9-7-17-6-5-8(9)18-12(21)10-11(15)19-13(16)24-10/h5-7H,3-4,15H2,1-2H3,(H2,16,19)(H,17,18,21). The summed E-state index contributed by atoms with van der Waals surface area (Å²) in [6.07, 6.45) is 3.33. The molecule has 2 heterocycles. The number of thiocarbonyl (C=S) groups is 1. The average Bonchev–Trinajstić information content (AvgIpc) is 2.89. The molecule has 0 unspecified atom stereocenters. The van der Waals surface area contributed by atoms with Gasteiger partial charge in [0.25, 0.3) is 5.91 Å². The van der Waals surface area contributed by atoms with Crippen molar-refractivity contribution >= 4 is 69.8 Å². The first-order chi connectivity index (χ1) is 11.5. The SMILES string of the molecule is Bc1nc(N)sc1C(=O)Nc1ccncc1SC(=S)N(CC)CC. The molecule has 3 N–H and O–H groups in total. The lowest BCUT2D eigenvalue weighted by Crippen LogP contribution is -2.26. The summed E-state index contributed by atoms with van der Waals surface area (Å²) in [5, 5.41) is 3.28. The van der Waals surface area contributed by atoms with Gasteiger partial charge < -0.3 is 16.0 Å². The van der Waals surface area contributed by atoms with Gasteiger partial charge in [0.1, 0.15) is 9.20 Å². The number of aromatic nitrogens is 2. The van der Waals surface area contributed by atoms with Crippen molar-refractivity contribution in [1.82, 2.24) is 14.9 Å². The van der Waals surface area contributed by atoms with Crippen molar-refractivity contribution < 1.29 is 4.79 Å². The number of hydrogen-bond acceptors (Lipinski definition) is 7. The molecule has 0 spiro atoms. The van der Waals surface area contributed by atoms with Gasteiger partial charge in [-0.15, -0.1) is 0 Å². The van der Waals surface area contributed by atoms with Crippen molar-refractivity contribution in [3.8, 4) is 0 Å². The number of nitrogen functional groups attached to an aromatic ring is 1. The van der Waals surface area contributed by atoms with E-state index in [4.69, 9.17) is 18.0 Å². The molecule has 0 saturated heterocycles. The highest BCUT2D eigenvalue weighted by Crippen LogP contribution is 2.29. The van der Waals surface area contributed by atoms with Gasteiger partial charge in [-0.25, -0.2) is 4.98 Å². The molecule has 0 atom stereocenters. The molecule has 0 saturated carbocycles. The Kier molecular flexibility index (Phi) is 6.58. The maximum Gasteiger partial charge on any atom is 0.266 e. The second-order valence-electron chi connectivity index (χ2n) is 4.83. The van der Waals surface area contributed by atoms with Crippen molar-refractivity contribution in [2.24, 2.45) is 0 Å². The van der Waals surface area contributed by atoms with E-state index in [1.54, 1.807) is 26.3 Å². The smallest absolute Gasteiger partial charge is 0.266 e. The number of nitrogens with one attached hydrogen (secondary N) is 1. The van der Waals surface area contributed by atoms with Crippen LogP contribution in [0.15, 0.2) is 23.4 Å². The molecule has 2 aromatic heterocycles. The van der Waals surface area contributed by atoms with E-state index in [1.807, 2.05) is 0 Å². The van der Waals surface area contributed by atoms with Gasteiger partial charge in [0, 0.05) is 31.1 Å². The molecule has 0 radical (unpaired) electrons. The Morgan fingerprint density at radius 1 is 1.50 bits per heavy atom. The predicted molar refractivity (Wildman–Crippen MR) is 108 cm³/mol. The van der Waals surface area contributed by atoms with Gasteiger partial charge in [0.2, 0.25) is 0 Å². The van der Waals surface area contributed by atoms with Crippen LogP contribution in [0.3, 0.4) is 0 Å². The summed E-state index contributed by atoms with van der Waals surface area (Å²) in [7, 11) is 1.76. The Balaban J connectivity index is 2.18. The topological polar surface area (TPSA) is 84.1 Å². The van der Waals surface area contributed by atoms with Crippen LogP contribution in [0.2, 0.25) is 0 Å². The van der Waals surface area contributed by atoms with Crippen molar-refractivity contribution in [2.45, 2.75) is 18.7 Å². The number of pyridine rings is 1. The number of rotatable bonds is 5. The fourth-order valence-corrected chi connectivity index (χ4v) is 4.19. The largest absolute Gasteiger partial charge is 0.375 e. The number of thioether (sulfide) groups is 1. The van der Waals surface area contributed by atoms with Crippen LogP contribution in [0.5, 0.6) is 0 Å². The van der Waals surface area contributed by atoms with Gasteiger partial charge in [-0.1, -0.05) is 35.3 Å². The Hall–Kier alpha value is -1.65. The van der Waals surface area contributed by atoms with Gasteiger partial charge in [0.15, 0.2) is 13.0 Å². The van der Waals surface area contributed by atoms with E-state index in [2.05, 4.69) is 34.0 Å². The molecule has 24 heavy (non-hydrogen) atoms. The Labute approximate surface area is 155 Å². The molecule has 0 aliphatic heterocycles. The van der Waals surface area contributed by atoms with Crippen LogP contribution in [0.25, 0.3) is 0 Å². The Morgan fingerprint density at radius 2 is 2.21 bits per heavy atom. The number of hydrogen-bond donors (Lipinski definition) is 2. The van der Waals surface area contributed by atoms with Gasteiger partial charge in [-0.2, -0.15) is 0 Å². The van der Waals surface area contributed by atoms with Crippen molar-refractivity contribution in [2.75, 3.05) is 24.1 Å². The van der Waals surface area contributed by atoms with Crippen LogP contribution in [0.1, 0.15) is 23.5 Å². The van der Waals surface area contributed by atoms with E-state index in [9.17, 15) is 4.79 Å². The molecule has 0 aromatic carbocycles. The summed E-state index contributed by atoms with van der Waals surface area (Å²) >= 11 is 8.06. The lowest BCUT2D eigenvalue weighted by Gasteiger charge is -2.21. The van der Waals surface area contributed by atoms with E-state index >= 15 is 0 Å². The lowest BCUT2D eigenvalue weighted by atomic mass is 10.0. The zero-order valence-corrected chi connectivity index (χ0v) is 16.1. The van der Waals surface area contributed by atoms with Crippen LogP contribution in [0.4, 0.5) is 10.8 Å². The fourth-order valence-electron chi connectivity index (χ4n) is 2.01. The van der Waals surface area contributed by atoms with Crippen LogP contribution in [-0.2, 0) is 0 Å². The number of carbonyl (C=O) groups excluding carboxylic acids is 1. The molecule has 1 amide bonds. The van der Waals surface area contributed by atoms with Gasteiger partial charge in [-0.05, 0) is 19.9 Å². The highest BCUT2D eigenvalue weighted by Gasteiger charge is 2.17. The summed E-state index contributed by atoms with van der Waals surface area (Å²) < 4.78 is 0.752. The molecule has 0 aliphatic carbocycles. The fraction of sp³-hybridized carbons (Fsp3) is 0.286. The second kappa shape index (κ2) is 8.45. The van der Waals surface area contributed by atoms with Crippen LogP contribution in [-0.4, -0.2) is 46.0 Å². The quantitative estimate of drug-likeness (QED) is 0.461. The molecular formula is C14H18BN5OS3. The minimum absolute atomic E-state index is 0.233. The molecule has 10 heteroatoms. The highest BCUT2D eigenvalue weighted by atomic mass is 32.2. The number of nitrogens with zero attached hydrogens (tertiary/aromatic N) is 3. The number of amides is 1. The minimum atomic E-state index is -0.233. The van der Waals surface area contributed by atoms with E-state index in [1.165, 1.54) is 23.1 Å². The van der Waals surface area contributed by atoms with Crippen molar-refractivity contribution in [1.29, 1.82) is 0 Å². The van der Waals surface area contributed by atoms with E-state index in [0.29, 0.717) is 21.3 Å². The van der Waals surface area contributed by atoms with E-state index in [-0.39, 0.29) is 5.91 Å². The number of carbonyl (C=O) groups is 1. The third-order valence-corrected chi connectivity index (χ3v) is 5.74. The number of anilines is 2. The van der Waals surface area contributed by atoms with Crippen LogP contribution in [0, 0.1) is 0 Å². The minimum Gasteiger partial charge on any atom is -0.375 e. The summed E-state index contributed by atoms with van der Waals surface area (Å²) in [6.45, 7) is 5.78. The summed E-state index contributed by atoms with van der Waals surface area (Å²) in [4.78, 5) is 24.1. The number of nitrogens with two attached hydrogens (primary N) is 1. The zero-order chi connectivity index (χ0) is 17.7. The first-order valence-electron chi connectivity index (χ1n) is 7.41. The first kappa shape index (κ1) is 18.7. The van der Waals surface area contributed by atoms with Crippen LogP contribution < -0.4 is 16.6 Å². The first-order valence-corrected chi connectivity index (χ1v) is 9.45. The normalized spacial score (nSPS) is 10.4. The van der Waals surface area contributed by atoms with Gasteiger partial charge in [0.05, 0.1) is 10.6 Å². The Bertz CT molecular complexity index is 748. The lowest BCUT2D eigenvalue weighted by molar-refractivity contribution is 0.103. The predicted octanol–water partition coefficient (Wildman–Crippen LogP) is 1.35. The van der Waals surface area contributed by atoms with E-state index < -0.39 is 0 Å². The number of thiazole rings is 1. The zero-order valence-electron chi connectivity index (χ0n) is 13.7. The van der Waals surface area contributed by atoms with Crippen LogP contribution >= 0.6 is 35.3 Å². The molecular weight excluding hydrogens is 361 g/mol. The summed E-state index contributed by atoms with van der Waals surface area (Å²) in [5.41, 5.74) is 6.95. The molecule has 0 aliphatic rings. The molecule has 2 rings (SSSR count). The molecule has 0 fully saturated rings. The average molecular weight is 379 g/mol. The monoisotopic (exact) mass is 379 g/mol. The van der Waals surface area contributed by atoms with Crippen molar-refractivity contribution in [3.63, 3.8) is 0 Å². The second-order valence-corrected chi connectivity index (χ2v) is 7.54. The highest BCUT2D eigenvalue weighted by molar-refractivity contribution is 8.23. The van der Waals surface area contributed by atoms with Gasteiger partial charge in [-0.3, -0.25) is 9.78 Å². The molecule has 0 bridgehead atoms.